The molecule has 2 aromatic carbocycles. The molecule has 0 radical (unpaired) electrons. The lowest BCUT2D eigenvalue weighted by Gasteiger charge is -2.31. The van der Waals surface area contributed by atoms with Gasteiger partial charge in [0.15, 0.2) is 0 Å². The first-order valence-electron chi connectivity index (χ1n) is 10.8. The molecule has 0 bridgehead atoms. The summed E-state index contributed by atoms with van der Waals surface area (Å²) in [5, 5.41) is 2.91. The van der Waals surface area contributed by atoms with Crippen molar-refractivity contribution in [1.82, 2.24) is 10.2 Å². The molecule has 2 heterocycles. The minimum atomic E-state index is -0.748. The van der Waals surface area contributed by atoms with E-state index in [0.717, 1.165) is 25.0 Å². The van der Waals surface area contributed by atoms with Gasteiger partial charge in [-0.2, -0.15) is 0 Å². The topological polar surface area (TPSA) is 77.1 Å². The van der Waals surface area contributed by atoms with E-state index >= 15 is 0 Å². The third kappa shape index (κ3) is 5.62. The standard InChI is InChI=1S/C24H28N2O5/c27-23(19-8-10-20(11-9-19)31-17-21-7-4-14-30-21)25-22(18-5-2-1-3-6-18)24(28)26-12-15-29-16-13-26/h1-3,5-6,8-11,21-22H,4,7,12-17H2,(H,25,27)/t21-,22+/m1/s1. The van der Waals surface area contributed by atoms with Crippen molar-refractivity contribution < 1.29 is 23.8 Å². The number of ether oxygens (including phenoxy) is 3. The molecular weight excluding hydrogens is 396 g/mol. The Balaban J connectivity index is 1.42. The van der Waals surface area contributed by atoms with Crippen LogP contribution in [0.15, 0.2) is 54.6 Å². The molecule has 2 atom stereocenters. The molecule has 2 fully saturated rings. The minimum absolute atomic E-state index is 0.126. The van der Waals surface area contributed by atoms with Crippen LogP contribution in [-0.4, -0.2) is 62.3 Å². The van der Waals surface area contributed by atoms with Crippen LogP contribution in [-0.2, 0) is 14.3 Å². The van der Waals surface area contributed by atoms with E-state index in [1.807, 2.05) is 30.3 Å². The quantitative estimate of drug-likeness (QED) is 0.739. The fourth-order valence-corrected chi connectivity index (χ4v) is 3.78. The number of rotatable bonds is 7. The Labute approximate surface area is 182 Å². The van der Waals surface area contributed by atoms with Gasteiger partial charge in [-0.15, -0.1) is 0 Å². The van der Waals surface area contributed by atoms with Crippen LogP contribution in [0.1, 0.15) is 34.8 Å². The van der Waals surface area contributed by atoms with Crippen LogP contribution in [0.4, 0.5) is 0 Å². The van der Waals surface area contributed by atoms with Gasteiger partial charge in [-0.25, -0.2) is 0 Å². The summed E-state index contributed by atoms with van der Waals surface area (Å²) in [6.45, 7) is 3.36. The molecule has 2 amide bonds. The lowest BCUT2D eigenvalue weighted by atomic mass is 10.0. The van der Waals surface area contributed by atoms with Gasteiger partial charge >= 0.3 is 0 Å². The van der Waals surface area contributed by atoms with Crippen LogP contribution in [0, 0.1) is 0 Å². The first kappa shape index (κ1) is 21.3. The fourth-order valence-electron chi connectivity index (χ4n) is 3.78. The monoisotopic (exact) mass is 424 g/mol. The third-order valence-electron chi connectivity index (χ3n) is 5.55. The van der Waals surface area contributed by atoms with E-state index < -0.39 is 6.04 Å². The Morgan fingerprint density at radius 1 is 1.03 bits per heavy atom. The summed E-state index contributed by atoms with van der Waals surface area (Å²) in [5.74, 6) is 0.261. The number of morpholine rings is 1. The molecule has 2 aliphatic rings. The van der Waals surface area contributed by atoms with Crippen molar-refractivity contribution in [1.29, 1.82) is 0 Å². The smallest absolute Gasteiger partial charge is 0.252 e. The highest BCUT2D eigenvalue weighted by Crippen LogP contribution is 2.20. The van der Waals surface area contributed by atoms with Gasteiger partial charge in [0.05, 0.1) is 19.3 Å². The van der Waals surface area contributed by atoms with Gasteiger partial charge in [-0.1, -0.05) is 30.3 Å². The van der Waals surface area contributed by atoms with Crippen LogP contribution < -0.4 is 10.1 Å². The number of benzene rings is 2. The maximum atomic E-state index is 13.2. The molecule has 0 aliphatic carbocycles. The van der Waals surface area contributed by atoms with Crippen molar-refractivity contribution in [2.24, 2.45) is 0 Å². The Kier molecular flexibility index (Phi) is 7.17. The number of carbonyl (C=O) groups excluding carboxylic acids is 2. The highest BCUT2D eigenvalue weighted by Gasteiger charge is 2.29. The van der Waals surface area contributed by atoms with Gasteiger partial charge < -0.3 is 24.4 Å². The van der Waals surface area contributed by atoms with E-state index in [9.17, 15) is 9.59 Å². The first-order valence-corrected chi connectivity index (χ1v) is 10.8. The van der Waals surface area contributed by atoms with E-state index in [4.69, 9.17) is 14.2 Å². The van der Waals surface area contributed by atoms with E-state index in [1.54, 1.807) is 29.2 Å². The highest BCUT2D eigenvalue weighted by molar-refractivity contribution is 5.98. The fraction of sp³-hybridized carbons (Fsp3) is 0.417. The first-order chi connectivity index (χ1) is 15.2. The van der Waals surface area contributed by atoms with E-state index in [2.05, 4.69) is 5.32 Å². The van der Waals surface area contributed by atoms with Crippen molar-refractivity contribution in [2.45, 2.75) is 25.0 Å². The van der Waals surface area contributed by atoms with E-state index in [-0.39, 0.29) is 17.9 Å². The molecule has 2 saturated heterocycles. The Morgan fingerprint density at radius 3 is 2.45 bits per heavy atom. The second kappa shape index (κ2) is 10.4. The molecule has 0 spiro atoms. The summed E-state index contributed by atoms with van der Waals surface area (Å²) in [7, 11) is 0. The second-order valence-corrected chi connectivity index (χ2v) is 7.73. The summed E-state index contributed by atoms with van der Waals surface area (Å²) in [4.78, 5) is 27.8. The minimum Gasteiger partial charge on any atom is -0.491 e. The van der Waals surface area contributed by atoms with Crippen molar-refractivity contribution in [3.05, 3.63) is 65.7 Å². The maximum absolute atomic E-state index is 13.2. The zero-order valence-electron chi connectivity index (χ0n) is 17.5. The summed E-state index contributed by atoms with van der Waals surface area (Å²) in [6, 6.07) is 15.5. The zero-order valence-corrected chi connectivity index (χ0v) is 17.5. The lowest BCUT2D eigenvalue weighted by Crippen LogP contribution is -2.47. The van der Waals surface area contributed by atoms with Gasteiger partial charge in [-0.3, -0.25) is 9.59 Å². The zero-order chi connectivity index (χ0) is 21.5. The third-order valence-corrected chi connectivity index (χ3v) is 5.55. The molecule has 4 rings (SSSR count). The SMILES string of the molecule is O=C(N[C@H](C(=O)N1CCOCC1)c1ccccc1)c1ccc(OC[C@H]2CCCO2)cc1. The van der Waals surface area contributed by atoms with Crippen LogP contribution in [0.2, 0.25) is 0 Å². The number of carbonyl (C=O) groups is 2. The number of nitrogens with zero attached hydrogens (tertiary/aromatic N) is 1. The predicted molar refractivity (Wildman–Crippen MR) is 115 cm³/mol. The van der Waals surface area contributed by atoms with Gasteiger partial charge in [0, 0.05) is 25.3 Å². The average Bonchev–Trinajstić information content (AvgIpc) is 3.36. The molecular formula is C24H28N2O5. The van der Waals surface area contributed by atoms with Crippen LogP contribution in [0.5, 0.6) is 5.75 Å². The number of hydrogen-bond donors (Lipinski definition) is 1. The molecule has 164 valence electrons. The normalized spacial score (nSPS) is 19.6. The summed E-state index contributed by atoms with van der Waals surface area (Å²) >= 11 is 0. The van der Waals surface area contributed by atoms with Gasteiger partial charge in [0.1, 0.15) is 18.4 Å². The largest absolute Gasteiger partial charge is 0.491 e. The molecule has 0 saturated carbocycles. The highest BCUT2D eigenvalue weighted by atomic mass is 16.5. The molecule has 0 aromatic heterocycles. The lowest BCUT2D eigenvalue weighted by molar-refractivity contribution is -0.137. The predicted octanol–water partition coefficient (Wildman–Crippen LogP) is 2.57. The summed E-state index contributed by atoms with van der Waals surface area (Å²) < 4.78 is 16.7. The molecule has 7 nitrogen and oxygen atoms in total. The maximum Gasteiger partial charge on any atom is 0.252 e. The van der Waals surface area contributed by atoms with E-state index in [0.29, 0.717) is 44.2 Å². The number of hydrogen-bond acceptors (Lipinski definition) is 5. The summed E-state index contributed by atoms with van der Waals surface area (Å²) in [6.07, 6.45) is 2.22. The van der Waals surface area contributed by atoms with Crippen LogP contribution in [0.25, 0.3) is 0 Å². The molecule has 0 unspecified atom stereocenters. The van der Waals surface area contributed by atoms with Gasteiger partial charge in [0.25, 0.3) is 5.91 Å². The van der Waals surface area contributed by atoms with Crippen molar-refractivity contribution in [3.63, 3.8) is 0 Å². The van der Waals surface area contributed by atoms with Crippen molar-refractivity contribution >= 4 is 11.8 Å². The Hall–Kier alpha value is -2.90. The summed E-state index contributed by atoms with van der Waals surface area (Å²) in [5.41, 5.74) is 1.23. The molecule has 1 N–H and O–H groups in total. The Morgan fingerprint density at radius 2 is 1.77 bits per heavy atom. The van der Waals surface area contributed by atoms with Gasteiger partial charge in [-0.05, 0) is 42.7 Å². The number of nitrogens with one attached hydrogen (secondary N) is 1. The molecule has 7 heteroatoms. The van der Waals surface area contributed by atoms with E-state index in [1.165, 1.54) is 0 Å². The average molecular weight is 424 g/mol. The molecule has 2 aliphatic heterocycles. The molecule has 31 heavy (non-hydrogen) atoms. The Bertz CT molecular complexity index is 859. The van der Waals surface area contributed by atoms with Crippen molar-refractivity contribution in [3.8, 4) is 5.75 Å². The second-order valence-electron chi connectivity index (χ2n) is 7.73. The number of amides is 2. The van der Waals surface area contributed by atoms with Crippen LogP contribution in [0.3, 0.4) is 0 Å². The van der Waals surface area contributed by atoms with Gasteiger partial charge in [0.2, 0.25) is 5.91 Å². The van der Waals surface area contributed by atoms with Crippen molar-refractivity contribution in [2.75, 3.05) is 39.5 Å². The van der Waals surface area contributed by atoms with Crippen LogP contribution >= 0.6 is 0 Å². The molecule has 2 aromatic rings.